The Balaban J connectivity index is 1.67. The Morgan fingerprint density at radius 2 is 1.97 bits per heavy atom. The van der Waals surface area contributed by atoms with Gasteiger partial charge in [0.25, 0.3) is 0 Å². The smallest absolute Gasteiger partial charge is 0.414 e. The van der Waals surface area contributed by atoms with Crippen molar-refractivity contribution in [3.05, 3.63) is 24.0 Å². The second-order valence-electron chi connectivity index (χ2n) is 7.00. The zero-order valence-electron chi connectivity index (χ0n) is 16.1. The number of halogens is 1. The summed E-state index contributed by atoms with van der Waals surface area (Å²) in [7, 11) is -3.27. The molecule has 2 aliphatic heterocycles. The molecule has 0 aromatic heterocycles. The Morgan fingerprint density at radius 1 is 1.31 bits per heavy atom. The molecule has 2 amide bonds. The highest BCUT2D eigenvalue weighted by molar-refractivity contribution is 7.88. The monoisotopic (exact) mass is 430 g/mol. The maximum absolute atomic E-state index is 14.7. The first-order valence-electron chi connectivity index (χ1n) is 9.01. The molecule has 10 nitrogen and oxygen atoms in total. The fourth-order valence-electron chi connectivity index (χ4n) is 3.33. The lowest BCUT2D eigenvalue weighted by Gasteiger charge is -2.35. The fraction of sp³-hybridized carbons (Fsp3) is 0.529. The van der Waals surface area contributed by atoms with E-state index in [1.54, 1.807) is 11.0 Å². The molecule has 0 saturated carbocycles. The van der Waals surface area contributed by atoms with Crippen LogP contribution in [-0.2, 0) is 19.6 Å². The Bertz CT molecular complexity index is 903. The van der Waals surface area contributed by atoms with Gasteiger partial charge >= 0.3 is 6.09 Å². The largest absolute Gasteiger partial charge is 0.442 e. The molecule has 1 atom stereocenters. The third kappa shape index (κ3) is 4.77. The fourth-order valence-corrected chi connectivity index (χ4v) is 4.16. The summed E-state index contributed by atoms with van der Waals surface area (Å²) in [4.78, 5) is 26.2. The third-order valence-electron chi connectivity index (χ3n) is 4.91. The lowest BCUT2D eigenvalue weighted by Crippen LogP contribution is -2.48. The number of carbonyl (C=O) groups excluding carboxylic acids is 2. The zero-order chi connectivity index (χ0) is 21.3. The van der Waals surface area contributed by atoms with Crippen LogP contribution in [0.3, 0.4) is 0 Å². The summed E-state index contributed by atoms with van der Waals surface area (Å²) >= 11 is 0. The summed E-state index contributed by atoms with van der Waals surface area (Å²) < 4.78 is 44.4. The number of hydrogen-bond donors (Lipinski definition) is 1. The van der Waals surface area contributed by atoms with Gasteiger partial charge in [-0.05, 0) is 18.2 Å². The van der Waals surface area contributed by atoms with Crippen LogP contribution in [0.15, 0.2) is 18.2 Å². The van der Waals surface area contributed by atoms with Gasteiger partial charge in [0.15, 0.2) is 0 Å². The van der Waals surface area contributed by atoms with Crippen LogP contribution in [0, 0.1) is 5.82 Å². The SMILES string of the molecule is CC(=O)N(O)C[C@@H]1CN(c2ccc(N3CCN(S(C)(=O)=O)CC3)c(F)c2)C(=O)O1. The van der Waals surface area contributed by atoms with Gasteiger partial charge in [0.05, 0.1) is 30.7 Å². The van der Waals surface area contributed by atoms with Gasteiger partial charge in [-0.15, -0.1) is 0 Å². The molecule has 1 N–H and O–H groups in total. The minimum absolute atomic E-state index is 0.0645. The van der Waals surface area contributed by atoms with Gasteiger partial charge < -0.3 is 9.64 Å². The summed E-state index contributed by atoms with van der Waals surface area (Å²) in [5.41, 5.74) is 0.616. The molecule has 2 saturated heterocycles. The van der Waals surface area contributed by atoms with Crippen LogP contribution in [0.25, 0.3) is 0 Å². The molecule has 0 radical (unpaired) electrons. The number of benzene rings is 1. The molecule has 12 heteroatoms. The van der Waals surface area contributed by atoms with E-state index in [1.807, 2.05) is 0 Å². The number of hydroxylamine groups is 2. The first kappa shape index (κ1) is 21.3. The predicted molar refractivity (Wildman–Crippen MR) is 102 cm³/mol. The van der Waals surface area contributed by atoms with Gasteiger partial charge in [0.1, 0.15) is 11.9 Å². The van der Waals surface area contributed by atoms with Gasteiger partial charge in [-0.1, -0.05) is 0 Å². The number of amides is 2. The number of sulfonamides is 1. The average molecular weight is 430 g/mol. The Kier molecular flexibility index (Phi) is 5.96. The van der Waals surface area contributed by atoms with E-state index in [4.69, 9.17) is 4.74 Å². The number of nitrogens with zero attached hydrogens (tertiary/aromatic N) is 4. The predicted octanol–water partition coefficient (Wildman–Crippen LogP) is 0.470. The molecule has 2 aliphatic rings. The van der Waals surface area contributed by atoms with Crippen molar-refractivity contribution in [1.29, 1.82) is 0 Å². The second kappa shape index (κ2) is 8.13. The Hall–Kier alpha value is -2.44. The standard InChI is InChI=1S/C17H23FN4O6S/c1-12(23)22(25)11-14-10-21(17(24)28-14)13-3-4-16(15(18)9-13)19-5-7-20(8-6-19)29(2,26)27/h3-4,9,14,25H,5-8,10-11H2,1-2H3/t14-/m0/s1. The van der Waals surface area contributed by atoms with Crippen molar-refractivity contribution >= 4 is 33.4 Å². The van der Waals surface area contributed by atoms with Gasteiger partial charge in [-0.3, -0.25) is 14.9 Å². The van der Waals surface area contributed by atoms with E-state index in [0.717, 1.165) is 6.26 Å². The van der Waals surface area contributed by atoms with Gasteiger partial charge in [0.2, 0.25) is 15.9 Å². The van der Waals surface area contributed by atoms with Crippen LogP contribution >= 0.6 is 0 Å². The number of carbonyl (C=O) groups is 2. The Labute approximate surface area is 168 Å². The summed E-state index contributed by atoms with van der Waals surface area (Å²) in [5, 5.41) is 9.95. The topological polar surface area (TPSA) is 111 Å². The number of anilines is 2. The van der Waals surface area contributed by atoms with E-state index in [-0.39, 0.29) is 26.2 Å². The van der Waals surface area contributed by atoms with Crippen molar-refractivity contribution in [3.63, 3.8) is 0 Å². The van der Waals surface area contributed by atoms with Crippen LogP contribution in [-0.4, -0.2) is 86.6 Å². The van der Waals surface area contributed by atoms with E-state index >= 15 is 0 Å². The van der Waals surface area contributed by atoms with Crippen molar-refractivity contribution in [2.24, 2.45) is 0 Å². The van der Waals surface area contributed by atoms with Crippen LogP contribution in [0.5, 0.6) is 0 Å². The lowest BCUT2D eigenvalue weighted by molar-refractivity contribution is -0.166. The molecule has 2 fully saturated rings. The second-order valence-corrected chi connectivity index (χ2v) is 8.98. The summed E-state index contributed by atoms with van der Waals surface area (Å²) in [6.45, 7) is 2.32. The number of hydrogen-bond acceptors (Lipinski definition) is 7. The molecule has 0 aliphatic carbocycles. The number of piperazine rings is 1. The average Bonchev–Trinajstić information content (AvgIpc) is 3.01. The van der Waals surface area contributed by atoms with Crippen molar-refractivity contribution in [1.82, 2.24) is 9.37 Å². The van der Waals surface area contributed by atoms with Gasteiger partial charge in [0, 0.05) is 33.1 Å². The molecule has 3 rings (SSSR count). The third-order valence-corrected chi connectivity index (χ3v) is 6.21. The molecule has 29 heavy (non-hydrogen) atoms. The minimum Gasteiger partial charge on any atom is -0.442 e. The molecule has 1 aromatic carbocycles. The first-order valence-corrected chi connectivity index (χ1v) is 10.9. The molecule has 0 spiro atoms. The lowest BCUT2D eigenvalue weighted by atomic mass is 10.2. The zero-order valence-corrected chi connectivity index (χ0v) is 16.9. The van der Waals surface area contributed by atoms with Crippen molar-refractivity contribution in [2.45, 2.75) is 13.0 Å². The maximum atomic E-state index is 14.7. The van der Waals surface area contributed by atoms with Crippen molar-refractivity contribution in [3.8, 4) is 0 Å². The van der Waals surface area contributed by atoms with Gasteiger partial charge in [-0.2, -0.15) is 4.31 Å². The molecule has 2 heterocycles. The van der Waals surface area contributed by atoms with Crippen LogP contribution in [0.1, 0.15) is 6.92 Å². The first-order chi connectivity index (χ1) is 13.6. The number of ether oxygens (including phenoxy) is 1. The Morgan fingerprint density at radius 3 is 2.52 bits per heavy atom. The molecule has 1 aromatic rings. The summed E-state index contributed by atoms with van der Waals surface area (Å²) in [6, 6.07) is 4.32. The van der Waals surface area contributed by atoms with Crippen LogP contribution in [0.2, 0.25) is 0 Å². The molecule has 0 unspecified atom stereocenters. The highest BCUT2D eigenvalue weighted by Crippen LogP contribution is 2.29. The van der Waals surface area contributed by atoms with Crippen LogP contribution < -0.4 is 9.80 Å². The highest BCUT2D eigenvalue weighted by Gasteiger charge is 2.34. The molecule has 0 bridgehead atoms. The van der Waals surface area contributed by atoms with Crippen molar-refractivity contribution in [2.75, 3.05) is 55.3 Å². The number of rotatable bonds is 5. The maximum Gasteiger partial charge on any atom is 0.414 e. The van der Waals surface area contributed by atoms with E-state index in [9.17, 15) is 27.6 Å². The number of cyclic esters (lactones) is 1. The summed E-state index contributed by atoms with van der Waals surface area (Å²) in [5.74, 6) is -1.12. The van der Waals surface area contributed by atoms with E-state index in [2.05, 4.69) is 0 Å². The highest BCUT2D eigenvalue weighted by atomic mass is 32.2. The van der Waals surface area contributed by atoms with E-state index in [0.29, 0.717) is 29.5 Å². The van der Waals surface area contributed by atoms with Crippen molar-refractivity contribution < 1.29 is 32.3 Å². The summed E-state index contributed by atoms with van der Waals surface area (Å²) in [6.07, 6.45) is -0.281. The molecular formula is C17H23FN4O6S. The van der Waals surface area contributed by atoms with E-state index < -0.39 is 33.9 Å². The molecule has 160 valence electrons. The van der Waals surface area contributed by atoms with Crippen LogP contribution in [0.4, 0.5) is 20.6 Å². The minimum atomic E-state index is -3.27. The van der Waals surface area contributed by atoms with E-state index in [1.165, 1.54) is 28.3 Å². The normalized spacial score (nSPS) is 20.7. The molecular weight excluding hydrogens is 407 g/mol. The van der Waals surface area contributed by atoms with Gasteiger partial charge in [-0.25, -0.2) is 22.7 Å². The quantitative estimate of drug-likeness (QED) is 0.534.